The molecule has 0 spiro atoms. The topological polar surface area (TPSA) is 38.9 Å². The normalized spacial score (nSPS) is 22.3. The summed E-state index contributed by atoms with van der Waals surface area (Å²) in [5.41, 5.74) is 7.83. The molecule has 2 heteroatoms. The van der Waals surface area contributed by atoms with Crippen molar-refractivity contribution < 1.29 is 0 Å². The minimum Gasteiger partial charge on any atom is -0.323 e. The Morgan fingerprint density at radius 3 is 2.67 bits per heavy atom. The predicted octanol–water partition coefficient (Wildman–Crippen LogP) is 3.05. The second-order valence-corrected chi connectivity index (χ2v) is 4.98. The minimum atomic E-state index is 0.145. The lowest BCUT2D eigenvalue weighted by molar-refractivity contribution is 0.170. The molecule has 1 saturated carbocycles. The summed E-state index contributed by atoms with van der Waals surface area (Å²) in [6, 6.07) is 4.21. The van der Waals surface area contributed by atoms with Gasteiger partial charge in [-0.05, 0) is 29.9 Å². The summed E-state index contributed by atoms with van der Waals surface area (Å²) in [5, 5.41) is 0. The highest BCUT2D eigenvalue weighted by atomic mass is 14.7. The maximum Gasteiger partial charge on any atom is 0.0364 e. The zero-order valence-corrected chi connectivity index (χ0v) is 9.45. The van der Waals surface area contributed by atoms with Gasteiger partial charge in [-0.3, -0.25) is 4.98 Å². The Morgan fingerprint density at radius 2 is 2.07 bits per heavy atom. The van der Waals surface area contributed by atoms with E-state index in [-0.39, 0.29) is 11.5 Å². The number of nitrogens with two attached hydrogens (primary N) is 1. The van der Waals surface area contributed by atoms with Crippen LogP contribution in [0, 0.1) is 5.41 Å². The Kier molecular flexibility index (Phi) is 3.06. The fourth-order valence-electron chi connectivity index (χ4n) is 2.63. The minimum absolute atomic E-state index is 0.145. The molecule has 1 heterocycles. The standard InChI is InChI=1S/C13H20N2/c1-13(7-3-2-4-8-13)12(14)11-6-5-9-15-10-11/h5-6,9-10,12H,2-4,7-8,14H2,1H3. The molecule has 0 amide bonds. The lowest BCUT2D eigenvalue weighted by Gasteiger charge is -2.38. The monoisotopic (exact) mass is 204 g/mol. The second-order valence-electron chi connectivity index (χ2n) is 4.98. The Balaban J connectivity index is 2.16. The van der Waals surface area contributed by atoms with Gasteiger partial charge in [0.05, 0.1) is 0 Å². The molecule has 1 aromatic rings. The maximum atomic E-state index is 6.36. The van der Waals surface area contributed by atoms with Crippen LogP contribution in [0.15, 0.2) is 24.5 Å². The number of nitrogens with zero attached hydrogens (tertiary/aromatic N) is 1. The van der Waals surface area contributed by atoms with Gasteiger partial charge in [0, 0.05) is 18.4 Å². The lowest BCUT2D eigenvalue weighted by atomic mass is 9.69. The molecule has 2 rings (SSSR count). The van der Waals surface area contributed by atoms with Crippen molar-refractivity contribution in [1.29, 1.82) is 0 Å². The van der Waals surface area contributed by atoms with Gasteiger partial charge in [-0.1, -0.05) is 32.3 Å². The fourth-order valence-corrected chi connectivity index (χ4v) is 2.63. The summed E-state index contributed by atoms with van der Waals surface area (Å²) >= 11 is 0. The van der Waals surface area contributed by atoms with Crippen LogP contribution in [0.25, 0.3) is 0 Å². The number of hydrogen-bond acceptors (Lipinski definition) is 2. The van der Waals surface area contributed by atoms with Gasteiger partial charge in [0.25, 0.3) is 0 Å². The summed E-state index contributed by atoms with van der Waals surface area (Å²) in [5.74, 6) is 0. The Bertz CT molecular complexity index is 302. The molecular weight excluding hydrogens is 184 g/mol. The Morgan fingerprint density at radius 1 is 1.33 bits per heavy atom. The molecule has 1 unspecified atom stereocenters. The predicted molar refractivity (Wildman–Crippen MR) is 62.4 cm³/mol. The average Bonchev–Trinajstić information content (AvgIpc) is 2.30. The second kappa shape index (κ2) is 4.31. The summed E-state index contributed by atoms with van der Waals surface area (Å²) < 4.78 is 0. The van der Waals surface area contributed by atoms with E-state index in [4.69, 9.17) is 5.73 Å². The maximum absolute atomic E-state index is 6.36. The van der Waals surface area contributed by atoms with E-state index in [2.05, 4.69) is 18.0 Å². The molecule has 0 aromatic carbocycles. The van der Waals surface area contributed by atoms with Crippen molar-refractivity contribution in [2.75, 3.05) is 0 Å². The Labute approximate surface area is 91.9 Å². The number of pyridine rings is 1. The van der Waals surface area contributed by atoms with Crippen LogP contribution in [0.1, 0.15) is 50.6 Å². The zero-order chi connectivity index (χ0) is 10.7. The van der Waals surface area contributed by atoms with Gasteiger partial charge in [0.15, 0.2) is 0 Å². The van der Waals surface area contributed by atoms with Crippen LogP contribution < -0.4 is 5.73 Å². The highest BCUT2D eigenvalue weighted by Gasteiger charge is 2.33. The molecule has 15 heavy (non-hydrogen) atoms. The fraction of sp³-hybridized carbons (Fsp3) is 0.615. The van der Waals surface area contributed by atoms with Gasteiger partial charge in [0.1, 0.15) is 0 Å². The van der Waals surface area contributed by atoms with E-state index < -0.39 is 0 Å². The average molecular weight is 204 g/mol. The van der Waals surface area contributed by atoms with Crippen molar-refractivity contribution in [3.8, 4) is 0 Å². The van der Waals surface area contributed by atoms with Crippen molar-refractivity contribution in [2.45, 2.75) is 45.1 Å². The Hall–Kier alpha value is -0.890. The molecule has 1 aliphatic carbocycles. The van der Waals surface area contributed by atoms with Gasteiger partial charge in [-0.25, -0.2) is 0 Å². The third-order valence-electron chi connectivity index (χ3n) is 3.79. The number of rotatable bonds is 2. The van der Waals surface area contributed by atoms with Crippen LogP contribution in [0.3, 0.4) is 0 Å². The van der Waals surface area contributed by atoms with Crippen LogP contribution in [0.2, 0.25) is 0 Å². The molecule has 1 aliphatic rings. The summed E-state index contributed by atoms with van der Waals surface area (Å²) in [4.78, 5) is 4.15. The zero-order valence-electron chi connectivity index (χ0n) is 9.45. The molecule has 2 N–H and O–H groups in total. The first-order valence-electron chi connectivity index (χ1n) is 5.88. The van der Waals surface area contributed by atoms with Crippen LogP contribution in [-0.4, -0.2) is 4.98 Å². The molecule has 1 fully saturated rings. The lowest BCUT2D eigenvalue weighted by Crippen LogP contribution is -2.33. The van der Waals surface area contributed by atoms with Crippen LogP contribution in [0.4, 0.5) is 0 Å². The third kappa shape index (κ3) is 2.20. The molecule has 82 valence electrons. The van der Waals surface area contributed by atoms with Gasteiger partial charge in [-0.15, -0.1) is 0 Å². The van der Waals surface area contributed by atoms with Crippen molar-refractivity contribution >= 4 is 0 Å². The SMILES string of the molecule is CC1(C(N)c2cccnc2)CCCCC1. The van der Waals surface area contributed by atoms with Crippen molar-refractivity contribution in [2.24, 2.45) is 11.1 Å². The highest BCUT2D eigenvalue weighted by molar-refractivity contribution is 5.16. The molecule has 1 atom stereocenters. The molecule has 2 nitrogen and oxygen atoms in total. The van der Waals surface area contributed by atoms with Crippen LogP contribution >= 0.6 is 0 Å². The van der Waals surface area contributed by atoms with E-state index in [0.29, 0.717) is 0 Å². The number of aromatic nitrogens is 1. The first kappa shape index (κ1) is 10.6. The summed E-state index contributed by atoms with van der Waals surface area (Å²) in [6.07, 6.45) is 10.2. The van der Waals surface area contributed by atoms with E-state index in [0.717, 1.165) is 0 Å². The van der Waals surface area contributed by atoms with E-state index in [1.165, 1.54) is 37.7 Å². The van der Waals surface area contributed by atoms with Gasteiger partial charge < -0.3 is 5.73 Å². The van der Waals surface area contributed by atoms with E-state index in [1.54, 1.807) is 6.20 Å². The van der Waals surface area contributed by atoms with Crippen LogP contribution in [-0.2, 0) is 0 Å². The van der Waals surface area contributed by atoms with Crippen molar-refractivity contribution in [1.82, 2.24) is 4.98 Å². The molecule has 1 aromatic heterocycles. The molecule has 0 radical (unpaired) electrons. The van der Waals surface area contributed by atoms with Crippen molar-refractivity contribution in [3.05, 3.63) is 30.1 Å². The van der Waals surface area contributed by atoms with Crippen LogP contribution in [0.5, 0.6) is 0 Å². The summed E-state index contributed by atoms with van der Waals surface area (Å²) in [6.45, 7) is 2.32. The quantitative estimate of drug-likeness (QED) is 0.804. The van der Waals surface area contributed by atoms with Gasteiger partial charge in [-0.2, -0.15) is 0 Å². The number of hydrogen-bond donors (Lipinski definition) is 1. The van der Waals surface area contributed by atoms with E-state index in [9.17, 15) is 0 Å². The first-order chi connectivity index (χ1) is 7.22. The molecule has 0 aliphatic heterocycles. The van der Waals surface area contributed by atoms with Gasteiger partial charge in [0.2, 0.25) is 0 Å². The first-order valence-corrected chi connectivity index (χ1v) is 5.88. The van der Waals surface area contributed by atoms with E-state index in [1.807, 2.05) is 12.3 Å². The van der Waals surface area contributed by atoms with Crippen molar-refractivity contribution in [3.63, 3.8) is 0 Å². The molecule has 0 saturated heterocycles. The summed E-state index contributed by atoms with van der Waals surface area (Å²) in [7, 11) is 0. The van der Waals surface area contributed by atoms with E-state index >= 15 is 0 Å². The van der Waals surface area contributed by atoms with Gasteiger partial charge >= 0.3 is 0 Å². The highest BCUT2D eigenvalue weighted by Crippen LogP contribution is 2.43. The smallest absolute Gasteiger partial charge is 0.0364 e. The molecular formula is C13H20N2. The third-order valence-corrected chi connectivity index (χ3v) is 3.79. The largest absolute Gasteiger partial charge is 0.323 e. The molecule has 0 bridgehead atoms.